The number of nitrogens with zero attached hydrogens (tertiary/aromatic N) is 1. The molecule has 1 amide bonds. The molecule has 0 radical (unpaired) electrons. The van der Waals surface area contributed by atoms with Crippen LogP contribution in [0.2, 0.25) is 0 Å². The smallest absolute Gasteiger partial charge is 0.290 e. The van der Waals surface area contributed by atoms with E-state index in [0.29, 0.717) is 28.6 Å². The molecule has 120 valence electrons. The van der Waals surface area contributed by atoms with Crippen molar-refractivity contribution in [1.82, 2.24) is 4.90 Å². The van der Waals surface area contributed by atoms with E-state index in [4.69, 9.17) is 4.42 Å². The van der Waals surface area contributed by atoms with Crippen LogP contribution in [-0.2, 0) is 0 Å². The van der Waals surface area contributed by atoms with Crippen LogP contribution < -0.4 is 5.43 Å². The van der Waals surface area contributed by atoms with Gasteiger partial charge in [0.15, 0.2) is 5.43 Å². The summed E-state index contributed by atoms with van der Waals surface area (Å²) in [5, 5.41) is 10.2. The van der Waals surface area contributed by atoms with Gasteiger partial charge in [-0.05, 0) is 36.8 Å². The number of fused-ring (bicyclic) bond motifs is 2. The first-order valence-electron chi connectivity index (χ1n) is 7.77. The van der Waals surface area contributed by atoms with Gasteiger partial charge in [-0.15, -0.1) is 0 Å². The van der Waals surface area contributed by atoms with Crippen LogP contribution in [0.3, 0.4) is 0 Å². The molecule has 0 bridgehead atoms. The van der Waals surface area contributed by atoms with Crippen molar-refractivity contribution in [3.63, 3.8) is 0 Å². The largest absolute Gasteiger partial charge is 0.508 e. The number of hydrogen-bond acceptors (Lipinski definition) is 4. The predicted octanol–water partition coefficient (Wildman–Crippen LogP) is 3.06. The van der Waals surface area contributed by atoms with E-state index in [0.717, 1.165) is 0 Å². The van der Waals surface area contributed by atoms with E-state index in [-0.39, 0.29) is 22.8 Å². The highest BCUT2D eigenvalue weighted by Gasteiger charge is 2.41. The summed E-state index contributed by atoms with van der Waals surface area (Å²) in [7, 11) is 0. The van der Waals surface area contributed by atoms with Gasteiger partial charge in [-0.25, -0.2) is 0 Å². The molecular formula is C19H15NO4. The van der Waals surface area contributed by atoms with Crippen LogP contribution in [0.5, 0.6) is 5.75 Å². The zero-order chi connectivity index (χ0) is 16.8. The van der Waals surface area contributed by atoms with Gasteiger partial charge >= 0.3 is 0 Å². The summed E-state index contributed by atoms with van der Waals surface area (Å²) < 4.78 is 5.76. The molecular weight excluding hydrogens is 306 g/mol. The summed E-state index contributed by atoms with van der Waals surface area (Å²) >= 11 is 0. The molecule has 0 saturated carbocycles. The molecule has 0 saturated heterocycles. The number of phenolic OH excluding ortho intramolecular Hbond substituents is 1. The first-order chi connectivity index (χ1) is 11.6. The molecule has 5 nitrogen and oxygen atoms in total. The molecule has 4 rings (SSSR count). The van der Waals surface area contributed by atoms with Crippen LogP contribution >= 0.6 is 0 Å². The molecule has 1 aromatic heterocycles. The van der Waals surface area contributed by atoms with Crippen LogP contribution in [0.25, 0.3) is 11.0 Å². The van der Waals surface area contributed by atoms with Crippen LogP contribution in [0, 0.1) is 0 Å². The van der Waals surface area contributed by atoms with Gasteiger partial charge in [-0.1, -0.05) is 24.3 Å². The first-order valence-corrected chi connectivity index (χ1v) is 7.77. The Hall–Kier alpha value is -3.08. The van der Waals surface area contributed by atoms with Crippen LogP contribution in [0.15, 0.2) is 57.7 Å². The molecule has 24 heavy (non-hydrogen) atoms. The van der Waals surface area contributed by atoms with Gasteiger partial charge in [-0.3, -0.25) is 9.59 Å². The van der Waals surface area contributed by atoms with Crippen molar-refractivity contribution in [2.45, 2.75) is 13.0 Å². The van der Waals surface area contributed by atoms with Crippen molar-refractivity contribution >= 4 is 16.9 Å². The average molecular weight is 321 g/mol. The third-order valence-corrected chi connectivity index (χ3v) is 4.40. The van der Waals surface area contributed by atoms with Crippen molar-refractivity contribution < 1.29 is 14.3 Å². The first kappa shape index (κ1) is 14.5. The number of aromatic hydroxyl groups is 1. The zero-order valence-electron chi connectivity index (χ0n) is 13.0. The fraction of sp³-hybridized carbons (Fsp3) is 0.158. The number of phenols is 1. The standard InChI is InChI=1S/C19H15NO4/c1-2-20-16(11-6-5-7-12(21)10-11)15-17(22)13-8-3-4-9-14(13)24-18(15)19(20)23/h3-10,16,21H,2H2,1H3/t16-/m1/s1. The van der Waals surface area contributed by atoms with Crippen LogP contribution in [0.4, 0.5) is 0 Å². The van der Waals surface area contributed by atoms with Crippen molar-refractivity contribution in [3.05, 3.63) is 75.6 Å². The molecule has 5 heteroatoms. The van der Waals surface area contributed by atoms with Crippen LogP contribution in [-0.4, -0.2) is 22.5 Å². The number of benzene rings is 2. The number of carbonyl (C=O) groups excluding carboxylic acids is 1. The molecule has 2 heterocycles. The van der Waals surface area contributed by atoms with Crippen molar-refractivity contribution in [2.75, 3.05) is 6.54 Å². The Morgan fingerprint density at radius 1 is 1.12 bits per heavy atom. The Balaban J connectivity index is 2.05. The second-order valence-electron chi connectivity index (χ2n) is 5.76. The van der Waals surface area contributed by atoms with Gasteiger partial charge < -0.3 is 14.4 Å². The van der Waals surface area contributed by atoms with Gasteiger partial charge in [0, 0.05) is 6.54 Å². The van der Waals surface area contributed by atoms with E-state index >= 15 is 0 Å². The van der Waals surface area contributed by atoms with Crippen molar-refractivity contribution in [2.24, 2.45) is 0 Å². The summed E-state index contributed by atoms with van der Waals surface area (Å²) in [5.74, 6) is -0.118. The van der Waals surface area contributed by atoms with Crippen molar-refractivity contribution in [1.29, 1.82) is 0 Å². The summed E-state index contributed by atoms with van der Waals surface area (Å²) in [4.78, 5) is 27.3. The van der Waals surface area contributed by atoms with Crippen LogP contribution in [0.1, 0.15) is 34.6 Å². The average Bonchev–Trinajstić information content (AvgIpc) is 2.88. The highest BCUT2D eigenvalue weighted by atomic mass is 16.3. The minimum atomic E-state index is -0.551. The van der Waals surface area contributed by atoms with E-state index in [1.165, 1.54) is 0 Å². The Labute approximate surface area is 137 Å². The van der Waals surface area contributed by atoms with Gasteiger partial charge in [0.2, 0.25) is 5.76 Å². The third-order valence-electron chi connectivity index (χ3n) is 4.40. The number of para-hydroxylation sites is 1. The second-order valence-corrected chi connectivity index (χ2v) is 5.76. The van der Waals surface area contributed by atoms with Gasteiger partial charge in [0.1, 0.15) is 11.3 Å². The summed E-state index contributed by atoms with van der Waals surface area (Å²) in [6.07, 6.45) is 0. The number of hydrogen-bond donors (Lipinski definition) is 1. The van der Waals surface area contributed by atoms with E-state index in [1.807, 2.05) is 6.92 Å². The molecule has 1 atom stereocenters. The summed E-state index contributed by atoms with van der Waals surface area (Å²) in [5.41, 5.74) is 1.23. The van der Waals surface area contributed by atoms with E-state index in [2.05, 4.69) is 0 Å². The maximum atomic E-state index is 13.0. The molecule has 0 spiro atoms. The van der Waals surface area contributed by atoms with Gasteiger partial charge in [-0.2, -0.15) is 0 Å². The summed E-state index contributed by atoms with van der Waals surface area (Å²) in [6.45, 7) is 2.28. The topological polar surface area (TPSA) is 70.8 Å². The normalized spacial score (nSPS) is 16.6. The lowest BCUT2D eigenvalue weighted by Gasteiger charge is -2.23. The molecule has 1 N–H and O–H groups in total. The van der Waals surface area contributed by atoms with Gasteiger partial charge in [0.25, 0.3) is 5.91 Å². The highest BCUT2D eigenvalue weighted by molar-refractivity contribution is 5.99. The fourth-order valence-corrected chi connectivity index (χ4v) is 3.33. The van der Waals surface area contributed by atoms with E-state index in [9.17, 15) is 14.7 Å². The van der Waals surface area contributed by atoms with Crippen molar-refractivity contribution in [3.8, 4) is 5.75 Å². The Morgan fingerprint density at radius 2 is 1.92 bits per heavy atom. The predicted molar refractivity (Wildman–Crippen MR) is 89.1 cm³/mol. The number of rotatable bonds is 2. The Kier molecular flexibility index (Phi) is 3.16. The lowest BCUT2D eigenvalue weighted by molar-refractivity contribution is 0.0737. The number of amides is 1. The van der Waals surface area contributed by atoms with E-state index in [1.54, 1.807) is 53.4 Å². The van der Waals surface area contributed by atoms with E-state index < -0.39 is 6.04 Å². The molecule has 1 aliphatic rings. The lowest BCUT2D eigenvalue weighted by Crippen LogP contribution is -2.29. The third kappa shape index (κ3) is 1.94. The molecule has 3 aromatic rings. The minimum Gasteiger partial charge on any atom is -0.508 e. The van der Waals surface area contributed by atoms with Gasteiger partial charge in [0.05, 0.1) is 17.0 Å². The number of carbonyl (C=O) groups is 1. The fourth-order valence-electron chi connectivity index (χ4n) is 3.33. The monoisotopic (exact) mass is 321 g/mol. The lowest BCUT2D eigenvalue weighted by atomic mass is 9.98. The second kappa shape index (κ2) is 5.23. The molecule has 2 aromatic carbocycles. The minimum absolute atomic E-state index is 0.0916. The molecule has 1 aliphatic heterocycles. The summed E-state index contributed by atoms with van der Waals surface area (Å²) in [6, 6.07) is 13.0. The molecule has 0 aliphatic carbocycles. The Bertz CT molecular complexity index is 1020. The molecule has 0 fully saturated rings. The maximum absolute atomic E-state index is 13.0. The maximum Gasteiger partial charge on any atom is 0.290 e. The molecule has 0 unspecified atom stereocenters. The Morgan fingerprint density at radius 3 is 2.67 bits per heavy atom. The SMILES string of the molecule is CCN1C(=O)c2oc3ccccc3c(=O)c2[C@H]1c1cccc(O)c1. The quantitative estimate of drug-likeness (QED) is 0.787. The zero-order valence-corrected chi connectivity index (χ0v) is 13.0. The highest BCUT2D eigenvalue weighted by Crippen LogP contribution is 2.38.